The molecule has 11 aromatic rings. The highest BCUT2D eigenvalue weighted by Gasteiger charge is 2.16. The molecule has 0 atom stereocenters. The molecule has 11 rings (SSSR count). The predicted molar refractivity (Wildman–Crippen MR) is 229 cm³/mol. The lowest BCUT2D eigenvalue weighted by Crippen LogP contribution is -1.96. The molecule has 0 saturated carbocycles. The van der Waals surface area contributed by atoms with E-state index in [0.29, 0.717) is 5.82 Å². The Labute approximate surface area is 323 Å². The molecule has 0 fully saturated rings. The summed E-state index contributed by atoms with van der Waals surface area (Å²) in [5.74, 6) is 0.683. The Morgan fingerprint density at radius 3 is 1.45 bits per heavy atom. The second-order valence-corrected chi connectivity index (χ2v) is 14.2. The van der Waals surface area contributed by atoms with E-state index in [0.717, 1.165) is 105 Å². The molecule has 0 N–H and O–H groups in total. The van der Waals surface area contributed by atoms with E-state index in [-0.39, 0.29) is 0 Å². The van der Waals surface area contributed by atoms with Crippen LogP contribution in [0, 0.1) is 0 Å². The lowest BCUT2D eigenvalue weighted by atomic mass is 9.92. The Hall–Kier alpha value is -7.56. The molecule has 0 aliphatic rings. The molecule has 4 heteroatoms. The first-order chi connectivity index (χ1) is 27.7. The summed E-state index contributed by atoms with van der Waals surface area (Å²) in [5, 5.41) is 4.44. The van der Waals surface area contributed by atoms with Gasteiger partial charge in [-0.05, 0) is 100 Å². The topological polar surface area (TPSA) is 52.1 Å². The number of benzene rings is 8. The van der Waals surface area contributed by atoms with Crippen LogP contribution in [0.1, 0.15) is 0 Å². The first-order valence-electron chi connectivity index (χ1n) is 18.8. The number of hydrogen-bond donors (Lipinski definition) is 0. The number of furan rings is 2. The van der Waals surface area contributed by atoms with Gasteiger partial charge < -0.3 is 8.83 Å². The van der Waals surface area contributed by atoms with Crippen molar-refractivity contribution in [2.24, 2.45) is 0 Å². The Morgan fingerprint density at radius 1 is 0.250 bits per heavy atom. The third kappa shape index (κ3) is 5.64. The lowest BCUT2D eigenvalue weighted by molar-refractivity contribution is 0.668. The Bertz CT molecular complexity index is 3190. The quantitative estimate of drug-likeness (QED) is 0.172. The zero-order chi connectivity index (χ0) is 37.0. The molecule has 4 nitrogen and oxygen atoms in total. The highest BCUT2D eigenvalue weighted by Crippen LogP contribution is 2.39. The van der Waals surface area contributed by atoms with Gasteiger partial charge in [0.25, 0.3) is 0 Å². The van der Waals surface area contributed by atoms with Crippen LogP contribution in [0.2, 0.25) is 0 Å². The van der Waals surface area contributed by atoms with Crippen molar-refractivity contribution in [2.75, 3.05) is 0 Å². The van der Waals surface area contributed by atoms with Crippen LogP contribution < -0.4 is 0 Å². The smallest absolute Gasteiger partial charge is 0.160 e. The zero-order valence-corrected chi connectivity index (χ0v) is 30.2. The van der Waals surface area contributed by atoms with E-state index in [1.54, 1.807) is 0 Å². The first-order valence-corrected chi connectivity index (χ1v) is 18.8. The van der Waals surface area contributed by atoms with E-state index >= 15 is 0 Å². The van der Waals surface area contributed by atoms with Gasteiger partial charge in [0, 0.05) is 38.2 Å². The van der Waals surface area contributed by atoms with Crippen molar-refractivity contribution in [3.8, 4) is 67.3 Å². The van der Waals surface area contributed by atoms with E-state index in [2.05, 4.69) is 133 Å². The van der Waals surface area contributed by atoms with Gasteiger partial charge in [-0.2, -0.15) is 0 Å². The molecule has 0 spiro atoms. The second kappa shape index (κ2) is 13.1. The fraction of sp³-hybridized carbons (Fsp3) is 0. The molecule has 0 radical (unpaired) electrons. The van der Waals surface area contributed by atoms with Crippen LogP contribution in [-0.4, -0.2) is 9.97 Å². The van der Waals surface area contributed by atoms with Crippen molar-refractivity contribution in [3.63, 3.8) is 0 Å². The highest BCUT2D eigenvalue weighted by atomic mass is 16.3. The van der Waals surface area contributed by atoms with E-state index in [4.69, 9.17) is 18.8 Å². The fourth-order valence-electron chi connectivity index (χ4n) is 7.87. The minimum absolute atomic E-state index is 0.683. The van der Waals surface area contributed by atoms with Gasteiger partial charge in [-0.3, -0.25) is 0 Å². The van der Waals surface area contributed by atoms with Crippen LogP contribution >= 0.6 is 0 Å². The standard InChI is InChI=1S/C52H32N2O2/c1-3-12-33(13-4-1)46-32-47(54-52(53-46)34-14-5-2-6-15-34)41-28-39(27-40(29-41)37-23-25-50-45(30-37)43-19-8-10-21-49(43)55-50)36-17-11-16-35(26-36)38-22-24-44-42-18-7-9-20-48(42)56-51(44)31-38/h1-32H. The van der Waals surface area contributed by atoms with Crippen LogP contribution in [0.5, 0.6) is 0 Å². The number of aromatic nitrogens is 2. The van der Waals surface area contributed by atoms with Gasteiger partial charge in [0.15, 0.2) is 5.82 Å². The van der Waals surface area contributed by atoms with Crippen molar-refractivity contribution in [1.82, 2.24) is 9.97 Å². The van der Waals surface area contributed by atoms with Crippen molar-refractivity contribution in [3.05, 3.63) is 194 Å². The van der Waals surface area contributed by atoms with Gasteiger partial charge in [0.1, 0.15) is 22.3 Å². The van der Waals surface area contributed by atoms with Crippen LogP contribution in [0.4, 0.5) is 0 Å². The number of rotatable bonds is 6. The van der Waals surface area contributed by atoms with Gasteiger partial charge in [-0.15, -0.1) is 0 Å². The molecule has 8 aromatic carbocycles. The molecule has 0 bridgehead atoms. The minimum atomic E-state index is 0.683. The summed E-state index contributed by atoms with van der Waals surface area (Å²) in [4.78, 5) is 10.3. The maximum atomic E-state index is 6.27. The SMILES string of the molecule is c1ccc(-c2cc(-c3cc(-c4cccc(-c5ccc6c(c5)oc5ccccc56)c4)cc(-c4ccc5oc6ccccc6c5c4)c3)nc(-c3ccccc3)n2)cc1. The average Bonchev–Trinajstić information content (AvgIpc) is 3.84. The molecule has 0 aliphatic heterocycles. The van der Waals surface area contributed by atoms with E-state index in [9.17, 15) is 0 Å². The van der Waals surface area contributed by atoms with Crippen LogP contribution in [-0.2, 0) is 0 Å². The maximum Gasteiger partial charge on any atom is 0.160 e. The summed E-state index contributed by atoms with van der Waals surface area (Å²) in [6.45, 7) is 0. The summed E-state index contributed by atoms with van der Waals surface area (Å²) in [6.07, 6.45) is 0. The Balaban J connectivity index is 1.10. The molecular formula is C52H32N2O2. The highest BCUT2D eigenvalue weighted by molar-refractivity contribution is 6.07. The third-order valence-corrected chi connectivity index (χ3v) is 10.7. The Kier molecular flexibility index (Phi) is 7.46. The fourth-order valence-corrected chi connectivity index (χ4v) is 7.87. The maximum absolute atomic E-state index is 6.27. The Morgan fingerprint density at radius 2 is 0.714 bits per heavy atom. The summed E-state index contributed by atoms with van der Waals surface area (Å²) in [6, 6.07) is 67.6. The molecule has 0 unspecified atom stereocenters. The van der Waals surface area contributed by atoms with Crippen molar-refractivity contribution in [1.29, 1.82) is 0 Å². The first kappa shape index (κ1) is 31.9. The van der Waals surface area contributed by atoms with Crippen molar-refractivity contribution < 1.29 is 8.83 Å². The summed E-state index contributed by atoms with van der Waals surface area (Å²) in [7, 11) is 0. The normalized spacial score (nSPS) is 11.6. The van der Waals surface area contributed by atoms with Gasteiger partial charge in [-0.25, -0.2) is 9.97 Å². The molecule has 0 aliphatic carbocycles. The lowest BCUT2D eigenvalue weighted by Gasteiger charge is -2.14. The third-order valence-electron chi connectivity index (χ3n) is 10.7. The van der Waals surface area contributed by atoms with Crippen LogP contribution in [0.25, 0.3) is 111 Å². The zero-order valence-electron chi connectivity index (χ0n) is 30.2. The van der Waals surface area contributed by atoms with Gasteiger partial charge in [-0.1, -0.05) is 127 Å². The van der Waals surface area contributed by atoms with Crippen molar-refractivity contribution >= 4 is 43.9 Å². The van der Waals surface area contributed by atoms with Crippen molar-refractivity contribution in [2.45, 2.75) is 0 Å². The molecule has 56 heavy (non-hydrogen) atoms. The molecule has 0 amide bonds. The number of hydrogen-bond acceptors (Lipinski definition) is 4. The van der Waals surface area contributed by atoms with Gasteiger partial charge in [0.05, 0.1) is 11.4 Å². The van der Waals surface area contributed by atoms with Crippen LogP contribution in [0.15, 0.2) is 203 Å². The van der Waals surface area contributed by atoms with Gasteiger partial charge >= 0.3 is 0 Å². The van der Waals surface area contributed by atoms with Crippen LogP contribution in [0.3, 0.4) is 0 Å². The molecule has 262 valence electrons. The monoisotopic (exact) mass is 716 g/mol. The van der Waals surface area contributed by atoms with E-state index < -0.39 is 0 Å². The summed E-state index contributed by atoms with van der Waals surface area (Å²) < 4.78 is 12.5. The summed E-state index contributed by atoms with van der Waals surface area (Å²) in [5.41, 5.74) is 14.8. The average molecular weight is 717 g/mol. The predicted octanol–water partition coefficient (Wildman–Crippen LogP) is 14.3. The second-order valence-electron chi connectivity index (χ2n) is 14.2. The molecule has 3 aromatic heterocycles. The summed E-state index contributed by atoms with van der Waals surface area (Å²) >= 11 is 0. The molecule has 3 heterocycles. The molecular weight excluding hydrogens is 685 g/mol. The minimum Gasteiger partial charge on any atom is -0.456 e. The van der Waals surface area contributed by atoms with E-state index in [1.807, 2.05) is 60.7 Å². The number of para-hydroxylation sites is 2. The van der Waals surface area contributed by atoms with E-state index in [1.165, 1.54) is 0 Å². The largest absolute Gasteiger partial charge is 0.456 e. The number of fused-ring (bicyclic) bond motifs is 6. The number of nitrogens with zero attached hydrogens (tertiary/aromatic N) is 2. The van der Waals surface area contributed by atoms with Gasteiger partial charge in [0.2, 0.25) is 0 Å². The molecule has 0 saturated heterocycles.